The fourth-order valence-electron chi connectivity index (χ4n) is 2.91. The first-order valence-corrected chi connectivity index (χ1v) is 9.57. The number of anilines is 1. The third-order valence-corrected chi connectivity index (χ3v) is 5.60. The van der Waals surface area contributed by atoms with Crippen LogP contribution in [0.5, 0.6) is 0 Å². The van der Waals surface area contributed by atoms with E-state index in [1.165, 1.54) is 23.4 Å². The third-order valence-electron chi connectivity index (χ3n) is 4.33. The van der Waals surface area contributed by atoms with Crippen molar-refractivity contribution in [3.63, 3.8) is 0 Å². The van der Waals surface area contributed by atoms with Gasteiger partial charge in [0.25, 0.3) is 0 Å². The maximum absolute atomic E-state index is 13.6. The van der Waals surface area contributed by atoms with Crippen LogP contribution < -0.4 is 4.90 Å². The Morgan fingerprint density at radius 2 is 1.88 bits per heavy atom. The highest BCUT2D eigenvalue weighted by Crippen LogP contribution is 2.26. The summed E-state index contributed by atoms with van der Waals surface area (Å²) in [5.74, 6) is 0.0363. The van der Waals surface area contributed by atoms with Crippen molar-refractivity contribution in [2.45, 2.75) is 11.8 Å². The molecule has 2 aromatic rings. The highest BCUT2D eigenvalue weighted by atomic mass is 35.5. The molecule has 1 aliphatic rings. The summed E-state index contributed by atoms with van der Waals surface area (Å²) < 4.78 is 13.6. The minimum Gasteiger partial charge on any atom is -0.368 e. The third kappa shape index (κ3) is 4.47. The van der Waals surface area contributed by atoms with Gasteiger partial charge in [-0.15, -0.1) is 11.8 Å². The number of halogens is 2. The average molecular weight is 379 g/mol. The van der Waals surface area contributed by atoms with Crippen LogP contribution in [0.15, 0.2) is 47.4 Å². The van der Waals surface area contributed by atoms with Crippen molar-refractivity contribution >= 4 is 35.0 Å². The van der Waals surface area contributed by atoms with Crippen LogP contribution in [0, 0.1) is 12.7 Å². The lowest BCUT2D eigenvalue weighted by Gasteiger charge is -2.37. The first-order chi connectivity index (χ1) is 12.0. The molecule has 3 rings (SSSR count). The average Bonchev–Trinajstić information content (AvgIpc) is 2.63. The molecule has 1 aliphatic heterocycles. The zero-order chi connectivity index (χ0) is 17.8. The lowest BCUT2D eigenvalue weighted by molar-refractivity contribution is -0.128. The predicted molar refractivity (Wildman–Crippen MR) is 102 cm³/mol. The van der Waals surface area contributed by atoms with E-state index in [1.807, 2.05) is 23.1 Å². The van der Waals surface area contributed by atoms with E-state index >= 15 is 0 Å². The minimum absolute atomic E-state index is 0.0516. The maximum Gasteiger partial charge on any atom is 0.233 e. The van der Waals surface area contributed by atoms with Crippen LogP contribution in [-0.2, 0) is 4.79 Å². The van der Waals surface area contributed by atoms with Crippen molar-refractivity contribution in [2.24, 2.45) is 0 Å². The number of benzene rings is 2. The summed E-state index contributed by atoms with van der Waals surface area (Å²) >= 11 is 7.36. The Labute approximate surface area is 156 Å². The number of hydrogen-bond donors (Lipinski definition) is 0. The Hall–Kier alpha value is -1.72. The molecule has 3 nitrogen and oxygen atoms in total. The van der Waals surface area contributed by atoms with Crippen molar-refractivity contribution in [1.82, 2.24) is 4.90 Å². The second-order valence-electron chi connectivity index (χ2n) is 6.02. The first-order valence-electron chi connectivity index (χ1n) is 8.21. The summed E-state index contributed by atoms with van der Waals surface area (Å²) in [6, 6.07) is 12.4. The van der Waals surface area contributed by atoms with Gasteiger partial charge in [0.05, 0.1) is 5.75 Å². The van der Waals surface area contributed by atoms with Crippen LogP contribution in [0.1, 0.15) is 5.56 Å². The largest absolute Gasteiger partial charge is 0.368 e. The molecular formula is C19H20ClFN2OS. The van der Waals surface area contributed by atoms with Gasteiger partial charge < -0.3 is 9.80 Å². The summed E-state index contributed by atoms with van der Waals surface area (Å²) in [6.07, 6.45) is 0. The van der Waals surface area contributed by atoms with E-state index in [4.69, 9.17) is 11.6 Å². The van der Waals surface area contributed by atoms with E-state index in [0.717, 1.165) is 23.8 Å². The van der Waals surface area contributed by atoms with E-state index in [2.05, 4.69) is 11.8 Å². The van der Waals surface area contributed by atoms with Crippen LogP contribution in [0.25, 0.3) is 0 Å². The molecule has 0 spiro atoms. The van der Waals surface area contributed by atoms with Gasteiger partial charge in [-0.1, -0.05) is 29.8 Å². The normalized spacial score (nSPS) is 14.7. The van der Waals surface area contributed by atoms with Gasteiger partial charge in [-0.05, 0) is 36.8 Å². The SMILES string of the molecule is Cc1ccc(Cl)cc1N1CCN(C(=O)CSc2ccccc2F)CC1. The monoisotopic (exact) mass is 378 g/mol. The summed E-state index contributed by atoms with van der Waals surface area (Å²) in [5.41, 5.74) is 2.31. The molecule has 1 heterocycles. The molecular weight excluding hydrogens is 359 g/mol. The van der Waals surface area contributed by atoms with Crippen LogP contribution >= 0.6 is 23.4 Å². The number of thioether (sulfide) groups is 1. The van der Waals surface area contributed by atoms with Gasteiger partial charge in [-0.25, -0.2) is 4.39 Å². The van der Waals surface area contributed by atoms with Gasteiger partial charge in [0.1, 0.15) is 5.82 Å². The quantitative estimate of drug-likeness (QED) is 0.744. The molecule has 0 aromatic heterocycles. The number of carbonyl (C=O) groups excluding carboxylic acids is 1. The molecule has 0 radical (unpaired) electrons. The number of hydrogen-bond acceptors (Lipinski definition) is 3. The number of amides is 1. The fourth-order valence-corrected chi connectivity index (χ4v) is 3.92. The maximum atomic E-state index is 13.6. The fraction of sp³-hybridized carbons (Fsp3) is 0.316. The molecule has 25 heavy (non-hydrogen) atoms. The van der Waals surface area contributed by atoms with Gasteiger partial charge in [0.2, 0.25) is 5.91 Å². The Balaban J connectivity index is 1.54. The highest BCUT2D eigenvalue weighted by Gasteiger charge is 2.22. The summed E-state index contributed by atoms with van der Waals surface area (Å²) in [6.45, 7) is 4.95. The highest BCUT2D eigenvalue weighted by molar-refractivity contribution is 8.00. The topological polar surface area (TPSA) is 23.6 Å². The number of piperazine rings is 1. The first kappa shape index (κ1) is 18.1. The van der Waals surface area contributed by atoms with Crippen molar-refractivity contribution < 1.29 is 9.18 Å². The van der Waals surface area contributed by atoms with E-state index in [1.54, 1.807) is 18.2 Å². The molecule has 0 saturated carbocycles. The van der Waals surface area contributed by atoms with Gasteiger partial charge in [-0.3, -0.25) is 4.79 Å². The van der Waals surface area contributed by atoms with Crippen LogP contribution in [0.4, 0.5) is 10.1 Å². The zero-order valence-corrected chi connectivity index (χ0v) is 15.6. The predicted octanol–water partition coefficient (Wildman–Crippen LogP) is 4.23. The van der Waals surface area contributed by atoms with Gasteiger partial charge in [-0.2, -0.15) is 0 Å². The number of aryl methyl sites for hydroxylation is 1. The Kier molecular flexibility index (Phi) is 5.86. The van der Waals surface area contributed by atoms with Gasteiger partial charge in [0, 0.05) is 41.8 Å². The number of nitrogens with zero attached hydrogens (tertiary/aromatic N) is 2. The zero-order valence-electron chi connectivity index (χ0n) is 14.0. The van der Waals surface area contributed by atoms with Gasteiger partial charge in [0.15, 0.2) is 0 Å². The molecule has 0 bridgehead atoms. The molecule has 0 aliphatic carbocycles. The summed E-state index contributed by atoms with van der Waals surface area (Å²) in [4.78, 5) is 17.0. The number of rotatable bonds is 4. The molecule has 1 amide bonds. The second kappa shape index (κ2) is 8.11. The minimum atomic E-state index is -0.276. The molecule has 0 N–H and O–H groups in total. The Bertz CT molecular complexity index is 763. The summed E-state index contributed by atoms with van der Waals surface area (Å²) in [7, 11) is 0. The Morgan fingerprint density at radius 1 is 1.16 bits per heavy atom. The smallest absolute Gasteiger partial charge is 0.233 e. The molecule has 2 aromatic carbocycles. The molecule has 6 heteroatoms. The van der Waals surface area contributed by atoms with Crippen LogP contribution in [0.2, 0.25) is 5.02 Å². The molecule has 0 unspecified atom stereocenters. The standard InChI is InChI=1S/C19H20ClFN2OS/c1-14-6-7-15(20)12-17(14)22-8-10-23(11-9-22)19(24)13-25-18-5-3-2-4-16(18)21/h2-7,12H,8-11,13H2,1H3. The summed E-state index contributed by atoms with van der Waals surface area (Å²) in [5, 5.41) is 0.723. The molecule has 1 saturated heterocycles. The molecule has 1 fully saturated rings. The lowest BCUT2D eigenvalue weighted by atomic mass is 10.1. The lowest BCUT2D eigenvalue weighted by Crippen LogP contribution is -2.49. The van der Waals surface area contributed by atoms with Crippen LogP contribution in [0.3, 0.4) is 0 Å². The van der Waals surface area contributed by atoms with Gasteiger partial charge >= 0.3 is 0 Å². The molecule has 0 atom stereocenters. The second-order valence-corrected chi connectivity index (χ2v) is 7.47. The van der Waals surface area contributed by atoms with Crippen molar-refractivity contribution in [1.29, 1.82) is 0 Å². The van der Waals surface area contributed by atoms with E-state index < -0.39 is 0 Å². The van der Waals surface area contributed by atoms with E-state index in [-0.39, 0.29) is 17.5 Å². The number of carbonyl (C=O) groups is 1. The van der Waals surface area contributed by atoms with Crippen molar-refractivity contribution in [3.05, 3.63) is 58.9 Å². The molecule has 132 valence electrons. The van der Waals surface area contributed by atoms with E-state index in [9.17, 15) is 9.18 Å². The van der Waals surface area contributed by atoms with Crippen molar-refractivity contribution in [2.75, 3.05) is 36.8 Å². The Morgan fingerprint density at radius 3 is 2.60 bits per heavy atom. The van der Waals surface area contributed by atoms with Crippen molar-refractivity contribution in [3.8, 4) is 0 Å². The van der Waals surface area contributed by atoms with E-state index in [0.29, 0.717) is 18.0 Å². The van der Waals surface area contributed by atoms with Crippen LogP contribution in [-0.4, -0.2) is 42.7 Å².